The van der Waals surface area contributed by atoms with E-state index in [9.17, 15) is 18.3 Å². The monoisotopic (exact) mass is 424 g/mol. The normalized spacial score (nSPS) is 25.8. The predicted octanol–water partition coefficient (Wildman–Crippen LogP) is 1.71. The molecule has 0 spiro atoms. The lowest BCUT2D eigenvalue weighted by Gasteiger charge is -2.36. The van der Waals surface area contributed by atoms with E-state index in [1.807, 2.05) is 6.07 Å². The number of rotatable bonds is 9. The van der Waals surface area contributed by atoms with Crippen molar-refractivity contribution in [1.82, 2.24) is 10.0 Å². The number of benzene rings is 1. The van der Waals surface area contributed by atoms with Crippen LogP contribution in [0.5, 0.6) is 0 Å². The topological polar surface area (TPSA) is 105 Å². The van der Waals surface area contributed by atoms with E-state index in [0.717, 1.165) is 25.7 Å². The second kappa shape index (κ2) is 10.5. The van der Waals surface area contributed by atoms with Crippen molar-refractivity contribution in [2.24, 2.45) is 5.92 Å². The summed E-state index contributed by atoms with van der Waals surface area (Å²) in [5, 5.41) is 12.7. The van der Waals surface area contributed by atoms with Crippen molar-refractivity contribution in [1.29, 1.82) is 0 Å². The molecule has 1 saturated heterocycles. The second-order valence-electron chi connectivity index (χ2n) is 8.09. The SMILES string of the molecule is O=C(NCC[C@@H]1CC[C@@H](NS(=O)(=O)Cc2ccccc2)[C@H](CO)O1)C1CCCC1. The summed E-state index contributed by atoms with van der Waals surface area (Å²) in [6.07, 6.45) is 5.49. The Kier molecular flexibility index (Phi) is 8.06. The van der Waals surface area contributed by atoms with Crippen LogP contribution in [0.25, 0.3) is 0 Å². The molecule has 3 rings (SSSR count). The molecule has 8 heteroatoms. The van der Waals surface area contributed by atoms with E-state index >= 15 is 0 Å². The number of sulfonamides is 1. The Balaban J connectivity index is 1.44. The van der Waals surface area contributed by atoms with Gasteiger partial charge < -0.3 is 15.2 Å². The van der Waals surface area contributed by atoms with E-state index in [2.05, 4.69) is 10.0 Å². The number of carbonyl (C=O) groups is 1. The molecule has 1 aliphatic heterocycles. The summed E-state index contributed by atoms with van der Waals surface area (Å²) in [5.74, 6) is 0.179. The Labute approximate surface area is 173 Å². The van der Waals surface area contributed by atoms with Crippen LogP contribution in [-0.2, 0) is 25.3 Å². The average molecular weight is 425 g/mol. The van der Waals surface area contributed by atoms with Crippen LogP contribution in [0.3, 0.4) is 0 Å². The van der Waals surface area contributed by atoms with Gasteiger partial charge in [0.15, 0.2) is 0 Å². The van der Waals surface area contributed by atoms with E-state index in [1.54, 1.807) is 24.3 Å². The van der Waals surface area contributed by atoms with Crippen LogP contribution in [0, 0.1) is 5.92 Å². The third-order valence-corrected chi connectivity index (χ3v) is 7.19. The fraction of sp³-hybridized carbons (Fsp3) is 0.667. The summed E-state index contributed by atoms with van der Waals surface area (Å²) in [4.78, 5) is 12.1. The van der Waals surface area contributed by atoms with Crippen molar-refractivity contribution in [2.45, 2.75) is 68.9 Å². The highest BCUT2D eigenvalue weighted by molar-refractivity contribution is 7.88. The van der Waals surface area contributed by atoms with Gasteiger partial charge in [-0.2, -0.15) is 0 Å². The minimum atomic E-state index is -3.53. The molecule has 0 bridgehead atoms. The maximum atomic E-state index is 12.5. The average Bonchev–Trinajstić information content (AvgIpc) is 3.24. The van der Waals surface area contributed by atoms with Crippen LogP contribution in [0.1, 0.15) is 50.5 Å². The molecule has 1 aromatic rings. The van der Waals surface area contributed by atoms with Crippen molar-refractivity contribution in [3.05, 3.63) is 35.9 Å². The van der Waals surface area contributed by atoms with Gasteiger partial charge in [-0.25, -0.2) is 13.1 Å². The third-order valence-electron chi connectivity index (χ3n) is 5.82. The molecule has 0 unspecified atom stereocenters. The molecule has 2 aliphatic rings. The molecule has 1 amide bonds. The van der Waals surface area contributed by atoms with Gasteiger partial charge in [0.25, 0.3) is 0 Å². The Bertz CT molecular complexity index is 750. The van der Waals surface area contributed by atoms with E-state index < -0.39 is 22.2 Å². The van der Waals surface area contributed by atoms with Crippen molar-refractivity contribution in [3.8, 4) is 0 Å². The zero-order valence-electron chi connectivity index (χ0n) is 16.8. The van der Waals surface area contributed by atoms with Gasteiger partial charge >= 0.3 is 0 Å². The summed E-state index contributed by atoms with van der Waals surface area (Å²) >= 11 is 0. The van der Waals surface area contributed by atoms with Crippen LogP contribution in [0.15, 0.2) is 30.3 Å². The number of amides is 1. The first-order valence-electron chi connectivity index (χ1n) is 10.5. The highest BCUT2D eigenvalue weighted by atomic mass is 32.2. The largest absolute Gasteiger partial charge is 0.394 e. The Morgan fingerprint density at radius 1 is 1.10 bits per heavy atom. The lowest BCUT2D eigenvalue weighted by molar-refractivity contribution is -0.125. The summed E-state index contributed by atoms with van der Waals surface area (Å²) in [5.41, 5.74) is 0.716. The molecule has 29 heavy (non-hydrogen) atoms. The van der Waals surface area contributed by atoms with Crippen LogP contribution < -0.4 is 10.0 Å². The lowest BCUT2D eigenvalue weighted by atomic mass is 9.98. The number of aliphatic hydroxyl groups is 1. The molecule has 162 valence electrons. The van der Waals surface area contributed by atoms with Gasteiger partial charge in [0.2, 0.25) is 15.9 Å². The quantitative estimate of drug-likeness (QED) is 0.560. The van der Waals surface area contributed by atoms with Crippen LogP contribution in [0.4, 0.5) is 0 Å². The van der Waals surface area contributed by atoms with E-state index in [1.165, 1.54) is 0 Å². The van der Waals surface area contributed by atoms with Gasteiger partial charge in [-0.05, 0) is 37.7 Å². The van der Waals surface area contributed by atoms with E-state index in [-0.39, 0.29) is 30.3 Å². The van der Waals surface area contributed by atoms with Gasteiger partial charge in [-0.3, -0.25) is 4.79 Å². The van der Waals surface area contributed by atoms with Crippen LogP contribution in [-0.4, -0.2) is 50.8 Å². The van der Waals surface area contributed by atoms with Crippen molar-refractivity contribution in [2.75, 3.05) is 13.2 Å². The van der Waals surface area contributed by atoms with Gasteiger partial charge in [0, 0.05) is 12.5 Å². The van der Waals surface area contributed by atoms with E-state index in [4.69, 9.17) is 4.74 Å². The summed E-state index contributed by atoms with van der Waals surface area (Å²) < 4.78 is 33.6. The Hall–Kier alpha value is -1.48. The molecule has 1 heterocycles. The summed E-state index contributed by atoms with van der Waals surface area (Å²) in [6, 6.07) is 8.56. The first-order chi connectivity index (χ1) is 14.0. The Morgan fingerprint density at radius 2 is 1.83 bits per heavy atom. The maximum Gasteiger partial charge on any atom is 0.223 e. The molecule has 1 aromatic carbocycles. The first-order valence-corrected chi connectivity index (χ1v) is 12.2. The molecule has 2 fully saturated rings. The van der Waals surface area contributed by atoms with Gasteiger partial charge in [-0.1, -0.05) is 43.2 Å². The van der Waals surface area contributed by atoms with Crippen LogP contribution >= 0.6 is 0 Å². The van der Waals surface area contributed by atoms with Crippen LogP contribution in [0.2, 0.25) is 0 Å². The predicted molar refractivity (Wildman–Crippen MR) is 111 cm³/mol. The van der Waals surface area contributed by atoms with Gasteiger partial charge in [-0.15, -0.1) is 0 Å². The van der Waals surface area contributed by atoms with Crippen molar-refractivity contribution < 1.29 is 23.1 Å². The molecule has 1 saturated carbocycles. The zero-order chi connectivity index (χ0) is 20.7. The summed E-state index contributed by atoms with van der Waals surface area (Å²) in [7, 11) is -3.53. The molecular weight excluding hydrogens is 392 g/mol. The first kappa shape index (κ1) is 22.2. The fourth-order valence-electron chi connectivity index (χ4n) is 4.23. The summed E-state index contributed by atoms with van der Waals surface area (Å²) in [6.45, 7) is 0.298. The third kappa shape index (κ3) is 6.77. The smallest absolute Gasteiger partial charge is 0.223 e. The maximum absolute atomic E-state index is 12.5. The number of carbonyl (C=O) groups excluding carboxylic acids is 1. The second-order valence-corrected chi connectivity index (χ2v) is 9.84. The van der Waals surface area contributed by atoms with Crippen molar-refractivity contribution >= 4 is 15.9 Å². The minimum absolute atomic E-state index is 0.0918. The highest BCUT2D eigenvalue weighted by Gasteiger charge is 2.33. The number of hydrogen-bond donors (Lipinski definition) is 3. The standard InChI is InChI=1S/C21H32N2O5S/c24-14-20-19(23-29(26,27)15-16-6-2-1-3-7-16)11-10-18(28-20)12-13-22-21(25)17-8-4-5-9-17/h1-3,6-7,17-20,23-24H,4-5,8-15H2,(H,22,25)/t18-,19+,20-/m0/s1. The van der Waals surface area contributed by atoms with Gasteiger partial charge in [0.1, 0.15) is 0 Å². The molecular formula is C21H32N2O5S. The Morgan fingerprint density at radius 3 is 2.52 bits per heavy atom. The number of nitrogens with one attached hydrogen (secondary N) is 2. The van der Waals surface area contributed by atoms with E-state index in [0.29, 0.717) is 31.4 Å². The molecule has 0 aromatic heterocycles. The van der Waals surface area contributed by atoms with Gasteiger partial charge in [0.05, 0.1) is 30.6 Å². The molecule has 7 nitrogen and oxygen atoms in total. The fourth-order valence-corrected chi connectivity index (χ4v) is 5.68. The highest BCUT2D eigenvalue weighted by Crippen LogP contribution is 2.25. The molecule has 1 aliphatic carbocycles. The minimum Gasteiger partial charge on any atom is -0.394 e. The molecule has 3 atom stereocenters. The molecule has 0 radical (unpaired) electrons. The molecule has 3 N–H and O–H groups in total. The van der Waals surface area contributed by atoms with Crippen molar-refractivity contribution in [3.63, 3.8) is 0 Å². The zero-order valence-corrected chi connectivity index (χ0v) is 17.6. The lowest BCUT2D eigenvalue weighted by Crippen LogP contribution is -2.51. The number of aliphatic hydroxyl groups excluding tert-OH is 1. The number of hydrogen-bond acceptors (Lipinski definition) is 5. The number of ether oxygens (including phenoxy) is 1.